The van der Waals surface area contributed by atoms with E-state index in [1.54, 1.807) is 0 Å². The van der Waals surface area contributed by atoms with Gasteiger partial charge >= 0.3 is 0 Å². The second kappa shape index (κ2) is 13.2. The molecule has 0 fully saturated rings. The smallest absolute Gasteiger partial charge is 0.135 e. The lowest BCUT2D eigenvalue weighted by Crippen LogP contribution is -2.26. The first-order valence-corrected chi connectivity index (χ1v) is 21.7. The minimum Gasteiger partial charge on any atom is -0.456 e. The van der Waals surface area contributed by atoms with Crippen LogP contribution >= 0.6 is 11.3 Å². The van der Waals surface area contributed by atoms with E-state index in [1.807, 2.05) is 17.4 Å². The minimum absolute atomic E-state index is 0.575. The average Bonchev–Trinajstić information content (AvgIpc) is 4.05. The van der Waals surface area contributed by atoms with Gasteiger partial charge in [-0.05, 0) is 112 Å². The summed E-state index contributed by atoms with van der Waals surface area (Å²) in [7, 11) is 0. The number of thiophene rings is 1. The molecule has 0 radical (unpaired) electrons. The molecule has 1 unspecified atom stereocenters. The van der Waals surface area contributed by atoms with Crippen LogP contribution in [0.15, 0.2) is 223 Å². The zero-order chi connectivity index (χ0) is 40.1. The van der Waals surface area contributed by atoms with Gasteiger partial charge < -0.3 is 14.2 Å². The van der Waals surface area contributed by atoms with Crippen LogP contribution in [0.1, 0.15) is 22.3 Å². The predicted octanol–water partition coefficient (Wildman–Crippen LogP) is 16.1. The third kappa shape index (κ3) is 4.79. The summed E-state index contributed by atoms with van der Waals surface area (Å²) in [6.07, 6.45) is 0. The molecule has 3 nitrogen and oxygen atoms in total. The van der Waals surface area contributed by atoms with Crippen molar-refractivity contribution in [2.75, 3.05) is 9.80 Å². The Labute approximate surface area is 357 Å². The normalized spacial score (nSPS) is 14.6. The van der Waals surface area contributed by atoms with Crippen molar-refractivity contribution in [3.05, 3.63) is 241 Å². The number of anilines is 6. The van der Waals surface area contributed by atoms with Gasteiger partial charge in [0.25, 0.3) is 0 Å². The summed E-state index contributed by atoms with van der Waals surface area (Å²) in [6, 6.07) is 79.6. The first kappa shape index (κ1) is 34.2. The minimum atomic E-state index is -0.575. The molecule has 1 spiro atoms. The van der Waals surface area contributed by atoms with Crippen molar-refractivity contribution in [2.45, 2.75) is 5.41 Å². The first-order valence-electron chi connectivity index (χ1n) is 20.8. The van der Waals surface area contributed by atoms with Crippen LogP contribution in [0.4, 0.5) is 34.1 Å². The zero-order valence-corrected chi connectivity index (χ0v) is 33.8. The Kier molecular flexibility index (Phi) is 7.39. The molecule has 0 amide bonds. The monoisotopic (exact) mass is 796 g/mol. The highest BCUT2D eigenvalue weighted by molar-refractivity contribution is 7.22. The van der Waals surface area contributed by atoms with E-state index < -0.39 is 5.41 Å². The van der Waals surface area contributed by atoms with E-state index in [2.05, 4.69) is 222 Å². The van der Waals surface area contributed by atoms with E-state index in [0.717, 1.165) is 50.4 Å². The summed E-state index contributed by atoms with van der Waals surface area (Å²) < 4.78 is 7.64. The van der Waals surface area contributed by atoms with Crippen molar-refractivity contribution in [3.8, 4) is 21.6 Å². The molecule has 2 heterocycles. The van der Waals surface area contributed by atoms with Crippen molar-refractivity contribution in [1.82, 2.24) is 0 Å². The summed E-state index contributed by atoms with van der Waals surface area (Å²) in [5, 5.41) is 3.53. The Balaban J connectivity index is 1.13. The van der Waals surface area contributed by atoms with Crippen LogP contribution in [0.25, 0.3) is 53.6 Å². The maximum atomic E-state index is 6.34. The summed E-state index contributed by atoms with van der Waals surface area (Å²) in [5.74, 6) is 0. The predicted molar refractivity (Wildman–Crippen MR) is 255 cm³/mol. The largest absolute Gasteiger partial charge is 0.456 e. The van der Waals surface area contributed by atoms with Gasteiger partial charge in [-0.3, -0.25) is 0 Å². The highest BCUT2D eigenvalue weighted by atomic mass is 32.1. The van der Waals surface area contributed by atoms with Crippen molar-refractivity contribution < 1.29 is 4.42 Å². The van der Waals surface area contributed by atoms with Gasteiger partial charge in [0.1, 0.15) is 11.2 Å². The van der Waals surface area contributed by atoms with Crippen LogP contribution in [-0.2, 0) is 5.41 Å². The lowest BCUT2D eigenvalue weighted by molar-refractivity contribution is 0.669. The molecular formula is C57H36N2OS. The molecule has 2 aromatic heterocycles. The van der Waals surface area contributed by atoms with Crippen LogP contribution in [0, 0.1) is 0 Å². The molecule has 4 heteroatoms. The van der Waals surface area contributed by atoms with Crippen LogP contribution in [0.5, 0.6) is 0 Å². The van der Waals surface area contributed by atoms with Gasteiger partial charge in [-0.25, -0.2) is 0 Å². The molecule has 61 heavy (non-hydrogen) atoms. The molecule has 286 valence electrons. The summed E-state index contributed by atoms with van der Waals surface area (Å²) in [4.78, 5) is 6.21. The fraction of sp³-hybridized carbons (Fsp3) is 0.0175. The van der Waals surface area contributed by atoms with Gasteiger partial charge in [0.15, 0.2) is 0 Å². The Morgan fingerprint density at radius 1 is 0.377 bits per heavy atom. The Hall–Kier alpha value is -7.66. The highest BCUT2D eigenvalue weighted by Crippen LogP contribution is 2.69. The summed E-state index contributed by atoms with van der Waals surface area (Å²) in [5.41, 5.74) is 17.0. The molecule has 0 N–H and O–H groups in total. The maximum absolute atomic E-state index is 6.34. The van der Waals surface area contributed by atoms with E-state index in [0.29, 0.717) is 0 Å². The third-order valence-corrected chi connectivity index (χ3v) is 14.0. The van der Waals surface area contributed by atoms with Gasteiger partial charge in [0.05, 0.1) is 16.8 Å². The number of para-hydroxylation sites is 4. The van der Waals surface area contributed by atoms with E-state index in [9.17, 15) is 0 Å². The van der Waals surface area contributed by atoms with Gasteiger partial charge in [0, 0.05) is 54.2 Å². The van der Waals surface area contributed by atoms with Crippen LogP contribution in [0.3, 0.4) is 0 Å². The topological polar surface area (TPSA) is 19.6 Å². The molecule has 0 saturated heterocycles. The number of furan rings is 1. The highest BCUT2D eigenvalue weighted by Gasteiger charge is 2.55. The fourth-order valence-corrected chi connectivity index (χ4v) is 11.8. The van der Waals surface area contributed by atoms with Crippen LogP contribution < -0.4 is 9.80 Å². The quantitative estimate of drug-likeness (QED) is 0.167. The second-order valence-corrected chi connectivity index (χ2v) is 17.0. The first-order chi connectivity index (χ1) is 30.3. The Morgan fingerprint density at radius 2 is 0.902 bits per heavy atom. The molecule has 9 aromatic carbocycles. The van der Waals surface area contributed by atoms with Crippen molar-refractivity contribution in [3.63, 3.8) is 0 Å². The average molecular weight is 797 g/mol. The standard InChI is InChI=1S/C57H36N2OS/c1-4-18-37(19-5-1)58(38-20-6-2-7-21-38)49-31-17-29-47-54(49)56-55(43-26-12-15-33-52(43)61-56)57(47)45-27-13-10-25-42(45)53-46(57)28-16-30-48(53)59(39-22-8-3-9-23-39)40-34-35-51-44(36-40)41-24-11-14-32-50(41)60-51/h1-36H. The van der Waals surface area contributed by atoms with Gasteiger partial charge in [0.2, 0.25) is 0 Å². The molecule has 2 aliphatic carbocycles. The van der Waals surface area contributed by atoms with E-state index >= 15 is 0 Å². The van der Waals surface area contributed by atoms with E-state index in [4.69, 9.17) is 4.42 Å². The molecular weight excluding hydrogens is 761 g/mol. The van der Waals surface area contributed by atoms with Crippen LogP contribution in [-0.4, -0.2) is 0 Å². The molecule has 1 atom stereocenters. The van der Waals surface area contributed by atoms with E-state index in [1.165, 1.54) is 59.6 Å². The maximum Gasteiger partial charge on any atom is 0.135 e. The SMILES string of the molecule is c1ccc(N(c2ccc3oc4ccccc4c3c2)c2cccc3c2-c2ccccc2C32c3cccc(N(c4ccccc4)c4ccccc4)c3-c3sc4ccccc4c32)cc1. The van der Waals surface area contributed by atoms with Crippen molar-refractivity contribution in [2.24, 2.45) is 0 Å². The lowest BCUT2D eigenvalue weighted by atomic mass is 9.70. The van der Waals surface area contributed by atoms with Crippen molar-refractivity contribution >= 4 is 77.5 Å². The lowest BCUT2D eigenvalue weighted by Gasteiger charge is -2.33. The molecule has 11 aromatic rings. The third-order valence-electron chi connectivity index (χ3n) is 12.8. The second-order valence-electron chi connectivity index (χ2n) is 16.0. The van der Waals surface area contributed by atoms with Gasteiger partial charge in [-0.2, -0.15) is 0 Å². The summed E-state index contributed by atoms with van der Waals surface area (Å²) >= 11 is 1.92. The number of rotatable bonds is 6. The fourth-order valence-electron chi connectivity index (χ4n) is 10.5. The number of fused-ring (bicyclic) bond motifs is 15. The Morgan fingerprint density at radius 3 is 1.61 bits per heavy atom. The molecule has 0 saturated carbocycles. The molecule has 2 aliphatic rings. The molecule has 13 rings (SSSR count). The van der Waals surface area contributed by atoms with Crippen molar-refractivity contribution in [1.29, 1.82) is 0 Å². The van der Waals surface area contributed by atoms with E-state index in [-0.39, 0.29) is 0 Å². The number of hydrogen-bond donors (Lipinski definition) is 0. The summed E-state index contributed by atoms with van der Waals surface area (Å²) in [6.45, 7) is 0. The van der Waals surface area contributed by atoms with Crippen LogP contribution in [0.2, 0.25) is 0 Å². The Bertz CT molecular complexity index is 3460. The molecule has 0 bridgehead atoms. The zero-order valence-electron chi connectivity index (χ0n) is 33.0. The van der Waals surface area contributed by atoms with Gasteiger partial charge in [-0.1, -0.05) is 140 Å². The number of nitrogens with zero attached hydrogens (tertiary/aromatic N) is 2. The number of hydrogen-bond acceptors (Lipinski definition) is 4. The molecule has 0 aliphatic heterocycles. The van der Waals surface area contributed by atoms with Gasteiger partial charge in [-0.15, -0.1) is 11.3 Å². The number of benzene rings is 9.